The van der Waals surface area contributed by atoms with Crippen molar-refractivity contribution in [3.05, 3.63) is 129 Å². The van der Waals surface area contributed by atoms with Crippen molar-refractivity contribution in [3.8, 4) is 0 Å². The number of dihydropyridines is 1. The predicted octanol–water partition coefficient (Wildman–Crippen LogP) is 5.70. The molecule has 0 radical (unpaired) electrons. The molecule has 1 saturated heterocycles. The predicted molar refractivity (Wildman–Crippen MR) is 168 cm³/mol. The molecule has 1 unspecified atom stereocenters. The van der Waals surface area contributed by atoms with Crippen molar-refractivity contribution in [2.75, 3.05) is 46.4 Å². The maximum Gasteiger partial charge on any atom is 0.336 e. The van der Waals surface area contributed by atoms with Crippen LogP contribution < -0.4 is 5.32 Å². The second-order valence-corrected chi connectivity index (χ2v) is 11.3. The fraction of sp³-hybridized carbons (Fsp3) is 0.314. The summed E-state index contributed by atoms with van der Waals surface area (Å²) in [6.07, 6.45) is 0. The SMILES string of the molecule is COC(=O)C1=C(C)NC(C)=C(C(=O)OCCN2CCN(C(c3ccccc3)c3ccccc3)CC2)C1c1ccccc1Cl. The number of benzene rings is 3. The summed E-state index contributed by atoms with van der Waals surface area (Å²) in [5, 5.41) is 3.64. The van der Waals surface area contributed by atoms with E-state index < -0.39 is 17.9 Å². The van der Waals surface area contributed by atoms with Crippen molar-refractivity contribution in [1.82, 2.24) is 15.1 Å². The van der Waals surface area contributed by atoms with Crippen LogP contribution in [0.4, 0.5) is 0 Å². The van der Waals surface area contributed by atoms with Crippen LogP contribution in [-0.2, 0) is 19.1 Å². The minimum absolute atomic E-state index is 0.193. The molecule has 2 aliphatic rings. The molecule has 1 fully saturated rings. The van der Waals surface area contributed by atoms with E-state index in [0.29, 0.717) is 39.7 Å². The third-order valence-electron chi connectivity index (χ3n) is 8.25. The molecular weight excluding hydrogens is 562 g/mol. The number of hydrogen-bond acceptors (Lipinski definition) is 7. The topological polar surface area (TPSA) is 71.1 Å². The highest BCUT2D eigenvalue weighted by Crippen LogP contribution is 2.41. The van der Waals surface area contributed by atoms with Gasteiger partial charge >= 0.3 is 11.9 Å². The minimum atomic E-state index is -0.702. The molecule has 7 nitrogen and oxygen atoms in total. The molecule has 0 aliphatic carbocycles. The van der Waals surface area contributed by atoms with Crippen molar-refractivity contribution < 1.29 is 19.1 Å². The molecule has 3 aromatic carbocycles. The molecule has 5 rings (SSSR count). The van der Waals surface area contributed by atoms with Gasteiger partial charge in [-0.25, -0.2) is 9.59 Å². The lowest BCUT2D eigenvalue weighted by Gasteiger charge is -2.39. The van der Waals surface area contributed by atoms with E-state index in [1.807, 2.05) is 25.1 Å². The monoisotopic (exact) mass is 599 g/mol. The Labute approximate surface area is 258 Å². The van der Waals surface area contributed by atoms with Crippen molar-refractivity contribution in [2.24, 2.45) is 0 Å². The van der Waals surface area contributed by atoms with Gasteiger partial charge in [0, 0.05) is 49.1 Å². The molecule has 224 valence electrons. The number of methoxy groups -OCH3 is 1. The number of esters is 2. The molecule has 2 heterocycles. The molecule has 0 amide bonds. The zero-order valence-corrected chi connectivity index (χ0v) is 25.6. The summed E-state index contributed by atoms with van der Waals surface area (Å²) < 4.78 is 10.9. The Morgan fingerprint density at radius 3 is 1.91 bits per heavy atom. The summed E-state index contributed by atoms with van der Waals surface area (Å²) in [4.78, 5) is 31.3. The van der Waals surface area contributed by atoms with Gasteiger partial charge < -0.3 is 14.8 Å². The lowest BCUT2D eigenvalue weighted by molar-refractivity contribution is -0.140. The van der Waals surface area contributed by atoms with Crippen LogP contribution in [0.1, 0.15) is 42.5 Å². The first-order valence-electron chi connectivity index (χ1n) is 14.6. The Morgan fingerprint density at radius 1 is 0.814 bits per heavy atom. The Bertz CT molecular complexity index is 1460. The van der Waals surface area contributed by atoms with Crippen molar-refractivity contribution >= 4 is 23.5 Å². The van der Waals surface area contributed by atoms with Crippen molar-refractivity contribution in [2.45, 2.75) is 25.8 Å². The maximum atomic E-state index is 13.6. The van der Waals surface area contributed by atoms with Gasteiger partial charge in [-0.3, -0.25) is 9.80 Å². The third-order valence-corrected chi connectivity index (χ3v) is 8.59. The lowest BCUT2D eigenvalue weighted by Crippen LogP contribution is -2.48. The van der Waals surface area contributed by atoms with Crippen LogP contribution in [0.15, 0.2) is 107 Å². The van der Waals surface area contributed by atoms with Crippen LogP contribution in [0.25, 0.3) is 0 Å². The number of nitrogens with zero attached hydrogens (tertiary/aromatic N) is 2. The summed E-state index contributed by atoms with van der Waals surface area (Å²) in [6.45, 7) is 8.00. The van der Waals surface area contributed by atoms with Gasteiger partial charge in [0.25, 0.3) is 0 Å². The van der Waals surface area contributed by atoms with Gasteiger partial charge in [0.05, 0.1) is 30.2 Å². The first kappa shape index (κ1) is 30.5. The summed E-state index contributed by atoms with van der Waals surface area (Å²) in [5.74, 6) is -1.70. The first-order chi connectivity index (χ1) is 20.9. The largest absolute Gasteiger partial charge is 0.466 e. The molecule has 1 N–H and O–H groups in total. The van der Waals surface area contributed by atoms with E-state index >= 15 is 0 Å². The summed E-state index contributed by atoms with van der Waals surface area (Å²) >= 11 is 6.57. The highest BCUT2D eigenvalue weighted by molar-refractivity contribution is 6.31. The van der Waals surface area contributed by atoms with Crippen molar-refractivity contribution in [3.63, 3.8) is 0 Å². The maximum absolute atomic E-state index is 13.6. The quantitative estimate of drug-likeness (QED) is 0.317. The number of rotatable bonds is 9. The summed E-state index contributed by atoms with van der Waals surface area (Å²) in [7, 11) is 1.33. The molecule has 2 aliphatic heterocycles. The molecule has 3 aromatic rings. The van der Waals surface area contributed by atoms with Crippen LogP contribution in [0, 0.1) is 0 Å². The molecular formula is C35H38ClN3O4. The molecule has 43 heavy (non-hydrogen) atoms. The first-order valence-corrected chi connectivity index (χ1v) is 15.0. The Kier molecular flexibility index (Phi) is 9.97. The van der Waals surface area contributed by atoms with E-state index in [9.17, 15) is 9.59 Å². The highest BCUT2D eigenvalue weighted by atomic mass is 35.5. The smallest absolute Gasteiger partial charge is 0.336 e. The third kappa shape index (κ3) is 6.85. The van der Waals surface area contributed by atoms with E-state index in [2.05, 4.69) is 75.8 Å². The average molecular weight is 600 g/mol. The lowest BCUT2D eigenvalue weighted by atomic mass is 9.80. The van der Waals surface area contributed by atoms with E-state index in [1.165, 1.54) is 18.2 Å². The van der Waals surface area contributed by atoms with Gasteiger partial charge in [-0.2, -0.15) is 0 Å². The van der Waals surface area contributed by atoms with Gasteiger partial charge in [-0.15, -0.1) is 0 Å². The highest BCUT2D eigenvalue weighted by Gasteiger charge is 2.38. The number of nitrogens with one attached hydrogen (secondary N) is 1. The number of allylic oxidation sites excluding steroid dienone is 2. The zero-order valence-electron chi connectivity index (χ0n) is 24.9. The number of ether oxygens (including phenoxy) is 2. The van der Waals surface area contributed by atoms with Crippen LogP contribution in [0.2, 0.25) is 5.02 Å². The Morgan fingerprint density at radius 2 is 1.35 bits per heavy atom. The minimum Gasteiger partial charge on any atom is -0.466 e. The Balaban J connectivity index is 1.24. The van der Waals surface area contributed by atoms with Crippen LogP contribution in [-0.4, -0.2) is 68.2 Å². The summed E-state index contributed by atoms with van der Waals surface area (Å²) in [5.41, 5.74) is 5.16. The second-order valence-electron chi connectivity index (χ2n) is 10.9. The fourth-order valence-corrected chi connectivity index (χ4v) is 6.39. The standard InChI is InChI=1S/C35H38ClN3O4/c1-24-30(34(40)42-3)32(28-16-10-11-17-29(28)36)31(25(2)37-24)35(41)43-23-22-38-18-20-39(21-19-38)33(26-12-6-4-7-13-26)27-14-8-5-9-15-27/h4-17,32-33,37H,18-23H2,1-3H3. The molecule has 1 atom stereocenters. The number of piperazine rings is 1. The molecule has 8 heteroatoms. The number of halogens is 1. The van der Waals surface area contributed by atoms with Gasteiger partial charge in [0.2, 0.25) is 0 Å². The molecule has 0 spiro atoms. The number of carbonyl (C=O) groups is 2. The summed E-state index contributed by atoms with van der Waals surface area (Å²) in [6, 6.07) is 28.7. The number of hydrogen-bond donors (Lipinski definition) is 1. The number of carbonyl (C=O) groups excluding carboxylic acids is 2. The average Bonchev–Trinajstić information content (AvgIpc) is 3.02. The zero-order chi connectivity index (χ0) is 30.3. The van der Waals surface area contributed by atoms with Gasteiger partial charge in [-0.05, 0) is 36.6 Å². The second kappa shape index (κ2) is 14.0. The van der Waals surface area contributed by atoms with Crippen LogP contribution in [0.5, 0.6) is 0 Å². The molecule has 0 aromatic heterocycles. The fourth-order valence-electron chi connectivity index (χ4n) is 6.14. The van der Waals surface area contributed by atoms with E-state index in [4.69, 9.17) is 21.1 Å². The van der Waals surface area contributed by atoms with E-state index in [1.54, 1.807) is 13.0 Å². The molecule has 0 saturated carbocycles. The van der Waals surface area contributed by atoms with Crippen LogP contribution in [0.3, 0.4) is 0 Å². The Hall–Kier alpha value is -3.91. The van der Waals surface area contributed by atoms with Gasteiger partial charge in [0.1, 0.15) is 6.61 Å². The van der Waals surface area contributed by atoms with Gasteiger partial charge in [-0.1, -0.05) is 90.5 Å². The van der Waals surface area contributed by atoms with Gasteiger partial charge in [0.15, 0.2) is 0 Å². The van der Waals surface area contributed by atoms with E-state index in [0.717, 1.165) is 26.2 Å². The van der Waals surface area contributed by atoms with E-state index in [-0.39, 0.29) is 12.6 Å². The van der Waals surface area contributed by atoms with Crippen molar-refractivity contribution in [1.29, 1.82) is 0 Å². The van der Waals surface area contributed by atoms with Crippen LogP contribution >= 0.6 is 11.6 Å². The normalized spacial score (nSPS) is 18.0. The molecule has 0 bridgehead atoms.